The first kappa shape index (κ1) is 37.7. The molecule has 0 atom stereocenters. The van der Waals surface area contributed by atoms with Gasteiger partial charge in [0, 0.05) is 31.7 Å². The average Bonchev–Trinajstić information content (AvgIpc) is 3.56. The molecule has 0 bridgehead atoms. The van der Waals surface area contributed by atoms with Gasteiger partial charge in [0.1, 0.15) is 5.58 Å². The predicted molar refractivity (Wildman–Crippen MR) is 228 cm³/mol. The Balaban J connectivity index is 0.000000165. The Morgan fingerprint density at radius 1 is 0.574 bits per heavy atom. The number of furan rings is 1. The molecule has 9 rings (SSSR count). The van der Waals surface area contributed by atoms with Crippen LogP contribution in [0.25, 0.3) is 76.8 Å². The van der Waals surface area contributed by atoms with E-state index in [2.05, 4.69) is 177 Å². The summed E-state index contributed by atoms with van der Waals surface area (Å²) in [6.07, 6.45) is 3.95. The molecular weight excluding hydrogens is 897 g/mol. The van der Waals surface area contributed by atoms with Crippen molar-refractivity contribution in [2.24, 2.45) is 0 Å². The Kier molecular flexibility index (Phi) is 10.7. The molecule has 0 saturated heterocycles. The summed E-state index contributed by atoms with van der Waals surface area (Å²) >= 11 is -1.85. The third-order valence-corrected chi connectivity index (χ3v) is 14.7. The Bertz CT molecular complexity index is 2740. The van der Waals surface area contributed by atoms with Gasteiger partial charge in [0.05, 0.1) is 5.58 Å². The molecule has 271 valence electrons. The molecule has 9 aromatic rings. The third-order valence-electron chi connectivity index (χ3n) is 10.4. The predicted octanol–water partition coefficient (Wildman–Crippen LogP) is 13.2. The molecule has 0 fully saturated rings. The van der Waals surface area contributed by atoms with Crippen molar-refractivity contribution in [2.45, 2.75) is 56.8 Å². The molecule has 3 heterocycles. The van der Waals surface area contributed by atoms with Crippen LogP contribution in [-0.4, -0.2) is 23.2 Å². The molecular formula is C49H44GeIrN2O-2. The van der Waals surface area contributed by atoms with Gasteiger partial charge in [-0.2, -0.15) is 0 Å². The van der Waals surface area contributed by atoms with Crippen molar-refractivity contribution >= 4 is 71.9 Å². The largest absolute Gasteiger partial charge is 0 e. The van der Waals surface area contributed by atoms with Gasteiger partial charge >= 0.3 is 169 Å². The van der Waals surface area contributed by atoms with Crippen molar-refractivity contribution < 1.29 is 24.5 Å². The van der Waals surface area contributed by atoms with Crippen molar-refractivity contribution in [1.82, 2.24) is 9.97 Å². The number of nitrogens with zero attached hydrogens (tertiary/aromatic N) is 2. The van der Waals surface area contributed by atoms with Gasteiger partial charge in [0.2, 0.25) is 0 Å². The zero-order valence-corrected chi connectivity index (χ0v) is 36.4. The molecule has 0 spiro atoms. The quantitative estimate of drug-likeness (QED) is 0.0980. The van der Waals surface area contributed by atoms with Crippen LogP contribution in [0.4, 0.5) is 0 Å². The van der Waals surface area contributed by atoms with E-state index in [0.29, 0.717) is 11.8 Å². The summed E-state index contributed by atoms with van der Waals surface area (Å²) in [4.78, 5) is 9.35. The van der Waals surface area contributed by atoms with E-state index in [-0.39, 0.29) is 20.1 Å². The molecule has 0 aliphatic heterocycles. The number of rotatable bonds is 5. The monoisotopic (exact) mass is 943 g/mol. The first-order valence-corrected chi connectivity index (χ1v) is 26.0. The second-order valence-electron chi connectivity index (χ2n) is 15.7. The summed E-state index contributed by atoms with van der Waals surface area (Å²) in [5, 5.41) is 9.95. The topological polar surface area (TPSA) is 38.9 Å². The van der Waals surface area contributed by atoms with Gasteiger partial charge < -0.3 is 9.40 Å². The van der Waals surface area contributed by atoms with Crippen LogP contribution in [0.1, 0.15) is 50.7 Å². The van der Waals surface area contributed by atoms with Gasteiger partial charge in [0.15, 0.2) is 0 Å². The van der Waals surface area contributed by atoms with Crippen LogP contribution in [0.2, 0.25) is 17.3 Å². The van der Waals surface area contributed by atoms with E-state index >= 15 is 0 Å². The Hall–Kier alpha value is -4.61. The SMILES string of the molecule is CC(C)c1ccnc(-c2[c-]ccc3c2oc2cc(C(C)C)ccc23)c1.[CH3][Ge]([CH3])([CH3])[c]1ccc(-c2[c-]cc3c4ccccc4c4ccccc4c3c2)nc1.[Ir]. The average molecular weight is 942 g/mol. The zero-order valence-electron chi connectivity index (χ0n) is 31.9. The molecule has 1 radical (unpaired) electrons. The fourth-order valence-corrected chi connectivity index (χ4v) is 9.41. The summed E-state index contributed by atoms with van der Waals surface area (Å²) in [6.45, 7) is 8.78. The van der Waals surface area contributed by atoms with E-state index in [1.165, 1.54) is 47.8 Å². The normalized spacial score (nSPS) is 11.8. The maximum Gasteiger partial charge on any atom is 0 e. The maximum atomic E-state index is 6.26. The first-order valence-electron chi connectivity index (χ1n) is 18.6. The number of hydrogen-bond donors (Lipinski definition) is 0. The third kappa shape index (κ3) is 7.16. The summed E-state index contributed by atoms with van der Waals surface area (Å²) in [5.74, 6) is 8.14. The summed E-state index contributed by atoms with van der Waals surface area (Å²) in [6, 6.07) is 47.7. The van der Waals surface area contributed by atoms with E-state index in [4.69, 9.17) is 9.40 Å². The molecule has 0 amide bonds. The summed E-state index contributed by atoms with van der Waals surface area (Å²) in [5.41, 5.74) is 8.26. The summed E-state index contributed by atoms with van der Waals surface area (Å²) < 4.78 is 7.69. The minimum absolute atomic E-state index is 0. The molecule has 3 aromatic heterocycles. The molecule has 6 aromatic carbocycles. The minimum atomic E-state index is -1.85. The van der Waals surface area contributed by atoms with Gasteiger partial charge in [-0.15, -0.1) is 18.2 Å². The van der Waals surface area contributed by atoms with Gasteiger partial charge in [-0.3, -0.25) is 0 Å². The van der Waals surface area contributed by atoms with Gasteiger partial charge in [-0.1, -0.05) is 62.4 Å². The van der Waals surface area contributed by atoms with Crippen molar-refractivity contribution in [3.05, 3.63) is 151 Å². The second kappa shape index (κ2) is 15.3. The number of benzene rings is 6. The van der Waals surface area contributed by atoms with E-state index in [1.807, 2.05) is 12.3 Å². The smallest absolute Gasteiger partial charge is 0 e. The molecule has 54 heavy (non-hydrogen) atoms. The van der Waals surface area contributed by atoms with Gasteiger partial charge in [0.25, 0.3) is 0 Å². The first-order chi connectivity index (χ1) is 25.6. The van der Waals surface area contributed by atoms with Crippen LogP contribution in [0.5, 0.6) is 0 Å². The number of pyridine rings is 2. The Morgan fingerprint density at radius 3 is 1.85 bits per heavy atom. The number of aromatic nitrogens is 2. The standard InChI is InChI=1S/C26H22GeN.C23H22NO.Ir/c1-27(2,3)19-13-15-26(28-17-19)18-12-14-24-22-10-5-4-8-20(22)21-9-6-7-11-23(21)25(24)16-18;1-14(2)16-8-9-18-19-6-5-7-20(23(19)25-22(18)13-16)21-12-17(15(3)4)10-11-24-21;/h4-11,13-17H,1-3H3;5-6,8-15H,1-4H3;/q2*-1;. The van der Waals surface area contributed by atoms with Gasteiger partial charge in [-0.05, 0) is 35.2 Å². The molecule has 5 heteroatoms. The molecule has 0 saturated carbocycles. The number of hydrogen-bond acceptors (Lipinski definition) is 3. The van der Waals surface area contributed by atoms with Gasteiger partial charge in [-0.25, -0.2) is 0 Å². The summed E-state index contributed by atoms with van der Waals surface area (Å²) in [7, 11) is 0. The van der Waals surface area contributed by atoms with Crippen molar-refractivity contribution in [2.75, 3.05) is 0 Å². The van der Waals surface area contributed by atoms with Crippen LogP contribution >= 0.6 is 0 Å². The van der Waals surface area contributed by atoms with Crippen LogP contribution in [0.15, 0.2) is 132 Å². The van der Waals surface area contributed by atoms with Crippen molar-refractivity contribution in [1.29, 1.82) is 0 Å². The second-order valence-corrected chi connectivity index (χ2v) is 26.3. The molecule has 0 aliphatic carbocycles. The Labute approximate surface area is 334 Å². The van der Waals surface area contributed by atoms with Crippen LogP contribution < -0.4 is 4.40 Å². The zero-order chi connectivity index (χ0) is 36.9. The van der Waals surface area contributed by atoms with E-state index in [1.54, 1.807) is 0 Å². The fourth-order valence-electron chi connectivity index (χ4n) is 7.24. The molecule has 0 unspecified atom stereocenters. The van der Waals surface area contributed by atoms with Crippen LogP contribution in [0, 0.1) is 12.1 Å². The maximum absolute atomic E-state index is 6.26. The van der Waals surface area contributed by atoms with E-state index < -0.39 is 13.3 Å². The Morgan fingerprint density at radius 2 is 1.22 bits per heavy atom. The minimum Gasteiger partial charge on any atom is 0 e. The fraction of sp³-hybridized carbons (Fsp3) is 0.184. The van der Waals surface area contributed by atoms with E-state index in [0.717, 1.165) is 44.5 Å². The van der Waals surface area contributed by atoms with Crippen LogP contribution in [-0.2, 0) is 20.1 Å². The van der Waals surface area contributed by atoms with Crippen molar-refractivity contribution in [3.63, 3.8) is 0 Å². The molecule has 0 aliphatic rings. The van der Waals surface area contributed by atoms with E-state index in [9.17, 15) is 0 Å². The molecule has 0 N–H and O–H groups in total. The van der Waals surface area contributed by atoms with Crippen molar-refractivity contribution in [3.8, 4) is 22.5 Å². The van der Waals surface area contributed by atoms with Crippen LogP contribution in [0.3, 0.4) is 0 Å². The molecule has 3 nitrogen and oxygen atoms in total. The number of fused-ring (bicyclic) bond motifs is 9.